The first-order valence-corrected chi connectivity index (χ1v) is 4.91. The summed E-state index contributed by atoms with van der Waals surface area (Å²) in [4.78, 5) is 13.3. The summed E-state index contributed by atoms with van der Waals surface area (Å²) in [7, 11) is 1.73. The molecule has 1 heterocycles. The fourth-order valence-electron chi connectivity index (χ4n) is 1.29. The van der Waals surface area contributed by atoms with E-state index in [0.717, 1.165) is 11.5 Å². The van der Waals surface area contributed by atoms with Gasteiger partial charge < -0.3 is 15.2 Å². The number of hydrogen-bond acceptors (Lipinski definition) is 4. The summed E-state index contributed by atoms with van der Waals surface area (Å²) >= 11 is 0. The van der Waals surface area contributed by atoms with Gasteiger partial charge in [0.05, 0.1) is 6.54 Å². The first kappa shape index (κ1) is 11.7. The van der Waals surface area contributed by atoms with Crippen LogP contribution in [-0.2, 0) is 11.3 Å². The molecule has 0 aliphatic heterocycles. The quantitative estimate of drug-likeness (QED) is 0.788. The van der Waals surface area contributed by atoms with E-state index in [2.05, 4.69) is 5.16 Å². The molecule has 0 bridgehead atoms. The number of rotatable bonds is 4. The molecule has 0 saturated carbocycles. The van der Waals surface area contributed by atoms with E-state index in [-0.39, 0.29) is 11.8 Å². The van der Waals surface area contributed by atoms with Crippen LogP contribution in [-0.4, -0.2) is 29.6 Å². The number of carbonyl (C=O) groups excluding carboxylic acids is 1. The maximum atomic E-state index is 11.7. The molecule has 0 fully saturated rings. The SMILES string of the molecule is Cc1cc(CN(C)C(=O)C(C)CN)no1. The van der Waals surface area contributed by atoms with Crippen molar-refractivity contribution in [3.8, 4) is 0 Å². The second-order valence-electron chi connectivity index (χ2n) is 3.76. The van der Waals surface area contributed by atoms with Gasteiger partial charge in [-0.25, -0.2) is 0 Å². The van der Waals surface area contributed by atoms with Gasteiger partial charge in [-0.1, -0.05) is 12.1 Å². The maximum Gasteiger partial charge on any atom is 0.226 e. The largest absolute Gasteiger partial charge is 0.361 e. The van der Waals surface area contributed by atoms with Crippen molar-refractivity contribution in [2.75, 3.05) is 13.6 Å². The lowest BCUT2D eigenvalue weighted by atomic mass is 10.1. The van der Waals surface area contributed by atoms with Crippen molar-refractivity contribution in [1.29, 1.82) is 0 Å². The Morgan fingerprint density at radius 1 is 1.73 bits per heavy atom. The fraction of sp³-hybridized carbons (Fsp3) is 0.600. The summed E-state index contributed by atoms with van der Waals surface area (Å²) < 4.78 is 4.92. The Hall–Kier alpha value is -1.36. The van der Waals surface area contributed by atoms with Crippen molar-refractivity contribution >= 4 is 5.91 Å². The van der Waals surface area contributed by atoms with Crippen LogP contribution < -0.4 is 5.73 Å². The summed E-state index contributed by atoms with van der Waals surface area (Å²) in [5.74, 6) is 0.624. The highest BCUT2D eigenvalue weighted by molar-refractivity contribution is 5.78. The van der Waals surface area contributed by atoms with Crippen LogP contribution in [0.3, 0.4) is 0 Å². The van der Waals surface area contributed by atoms with E-state index < -0.39 is 0 Å². The van der Waals surface area contributed by atoms with Gasteiger partial charge in [0.15, 0.2) is 0 Å². The minimum absolute atomic E-state index is 0.0261. The maximum absolute atomic E-state index is 11.7. The molecular formula is C10H17N3O2. The molecule has 1 aromatic rings. The third kappa shape index (κ3) is 3.06. The van der Waals surface area contributed by atoms with E-state index in [0.29, 0.717) is 13.1 Å². The Morgan fingerprint density at radius 2 is 2.40 bits per heavy atom. The number of carbonyl (C=O) groups is 1. The summed E-state index contributed by atoms with van der Waals surface area (Å²) in [6.45, 7) is 4.45. The van der Waals surface area contributed by atoms with Crippen LogP contribution in [0.25, 0.3) is 0 Å². The average Bonchev–Trinajstić information content (AvgIpc) is 2.61. The molecule has 5 nitrogen and oxygen atoms in total. The molecule has 1 unspecified atom stereocenters. The number of nitrogens with zero attached hydrogens (tertiary/aromatic N) is 2. The number of nitrogens with two attached hydrogens (primary N) is 1. The molecular weight excluding hydrogens is 194 g/mol. The molecule has 1 amide bonds. The highest BCUT2D eigenvalue weighted by Gasteiger charge is 2.16. The highest BCUT2D eigenvalue weighted by Crippen LogP contribution is 2.07. The van der Waals surface area contributed by atoms with Crippen LogP contribution in [0, 0.1) is 12.8 Å². The highest BCUT2D eigenvalue weighted by atomic mass is 16.5. The fourth-order valence-corrected chi connectivity index (χ4v) is 1.29. The van der Waals surface area contributed by atoms with Crippen molar-refractivity contribution in [1.82, 2.24) is 10.1 Å². The van der Waals surface area contributed by atoms with Gasteiger partial charge in [0.2, 0.25) is 5.91 Å². The van der Waals surface area contributed by atoms with Crippen LogP contribution in [0.5, 0.6) is 0 Å². The van der Waals surface area contributed by atoms with E-state index in [1.165, 1.54) is 0 Å². The Kier molecular flexibility index (Phi) is 3.85. The third-order valence-corrected chi connectivity index (χ3v) is 2.23. The normalized spacial score (nSPS) is 12.5. The molecule has 15 heavy (non-hydrogen) atoms. The van der Waals surface area contributed by atoms with Gasteiger partial charge >= 0.3 is 0 Å². The minimum atomic E-state index is -0.150. The first-order chi connectivity index (χ1) is 7.04. The van der Waals surface area contributed by atoms with Gasteiger partial charge in [-0.3, -0.25) is 4.79 Å². The van der Waals surface area contributed by atoms with Gasteiger partial charge in [-0.05, 0) is 6.92 Å². The molecule has 0 radical (unpaired) electrons. The van der Waals surface area contributed by atoms with Gasteiger partial charge in [0, 0.05) is 25.6 Å². The zero-order chi connectivity index (χ0) is 11.4. The molecule has 0 aliphatic rings. The molecule has 1 atom stereocenters. The molecule has 1 rings (SSSR count). The van der Waals surface area contributed by atoms with Gasteiger partial charge in [-0.15, -0.1) is 0 Å². The van der Waals surface area contributed by atoms with Crippen molar-refractivity contribution in [3.05, 3.63) is 17.5 Å². The first-order valence-electron chi connectivity index (χ1n) is 4.91. The van der Waals surface area contributed by atoms with Crippen molar-refractivity contribution < 1.29 is 9.32 Å². The molecule has 0 aromatic carbocycles. The molecule has 5 heteroatoms. The number of hydrogen-bond donors (Lipinski definition) is 1. The lowest BCUT2D eigenvalue weighted by Gasteiger charge is -2.19. The van der Waals surface area contributed by atoms with Crippen LogP contribution in [0.2, 0.25) is 0 Å². The van der Waals surface area contributed by atoms with E-state index in [1.807, 2.05) is 19.9 Å². The summed E-state index contributed by atoms with van der Waals surface area (Å²) in [6, 6.07) is 1.82. The van der Waals surface area contributed by atoms with Crippen molar-refractivity contribution in [3.63, 3.8) is 0 Å². The van der Waals surface area contributed by atoms with E-state index in [1.54, 1.807) is 11.9 Å². The molecule has 0 saturated heterocycles. The number of aromatic nitrogens is 1. The van der Waals surface area contributed by atoms with Crippen LogP contribution in [0.15, 0.2) is 10.6 Å². The van der Waals surface area contributed by atoms with Crippen LogP contribution in [0.4, 0.5) is 0 Å². The minimum Gasteiger partial charge on any atom is -0.361 e. The van der Waals surface area contributed by atoms with E-state index >= 15 is 0 Å². The van der Waals surface area contributed by atoms with Gasteiger partial charge in [0.25, 0.3) is 0 Å². The number of amides is 1. The molecule has 0 spiro atoms. The summed E-state index contributed by atoms with van der Waals surface area (Å²) in [6.07, 6.45) is 0. The number of aryl methyl sites for hydroxylation is 1. The predicted octanol–water partition coefficient (Wildman–Crippen LogP) is 0.536. The lowest BCUT2D eigenvalue weighted by molar-refractivity contribution is -0.133. The molecule has 1 aromatic heterocycles. The monoisotopic (exact) mass is 211 g/mol. The predicted molar refractivity (Wildman–Crippen MR) is 55.9 cm³/mol. The Bertz CT molecular complexity index is 335. The molecule has 2 N–H and O–H groups in total. The van der Waals surface area contributed by atoms with Gasteiger partial charge in [0.1, 0.15) is 11.5 Å². The second kappa shape index (κ2) is 4.93. The molecule has 84 valence electrons. The molecule has 0 aliphatic carbocycles. The smallest absolute Gasteiger partial charge is 0.226 e. The third-order valence-electron chi connectivity index (χ3n) is 2.23. The zero-order valence-electron chi connectivity index (χ0n) is 9.36. The Morgan fingerprint density at radius 3 is 2.87 bits per heavy atom. The van der Waals surface area contributed by atoms with Crippen molar-refractivity contribution in [2.45, 2.75) is 20.4 Å². The van der Waals surface area contributed by atoms with Crippen molar-refractivity contribution in [2.24, 2.45) is 11.7 Å². The Balaban J connectivity index is 2.55. The van der Waals surface area contributed by atoms with E-state index in [9.17, 15) is 4.79 Å². The van der Waals surface area contributed by atoms with Crippen LogP contribution in [0.1, 0.15) is 18.4 Å². The zero-order valence-corrected chi connectivity index (χ0v) is 9.36. The average molecular weight is 211 g/mol. The lowest BCUT2D eigenvalue weighted by Crippen LogP contribution is -2.34. The topological polar surface area (TPSA) is 72.4 Å². The summed E-state index contributed by atoms with van der Waals surface area (Å²) in [5.41, 5.74) is 6.18. The van der Waals surface area contributed by atoms with Gasteiger partial charge in [-0.2, -0.15) is 0 Å². The summed E-state index contributed by atoms with van der Waals surface area (Å²) in [5, 5.41) is 3.82. The standard InChI is InChI=1S/C10H17N3O2/c1-7(5-11)10(14)13(3)6-9-4-8(2)15-12-9/h4,7H,5-6,11H2,1-3H3. The van der Waals surface area contributed by atoms with Crippen LogP contribution >= 0.6 is 0 Å². The van der Waals surface area contributed by atoms with E-state index in [4.69, 9.17) is 10.3 Å². The Labute approximate surface area is 89.2 Å². The second-order valence-corrected chi connectivity index (χ2v) is 3.76.